The highest BCUT2D eigenvalue weighted by Gasteiger charge is 2.23. The zero-order valence-corrected chi connectivity index (χ0v) is 16.2. The Morgan fingerprint density at radius 3 is 2.64 bits per heavy atom. The maximum absolute atomic E-state index is 12.3. The normalized spacial score (nSPS) is 18.2. The fourth-order valence-electron chi connectivity index (χ4n) is 3.96. The molecule has 2 aromatic rings. The first-order valence-electron chi connectivity index (χ1n) is 10.1. The monoisotopic (exact) mass is 378 g/mol. The van der Waals surface area contributed by atoms with E-state index in [-0.39, 0.29) is 17.9 Å². The third-order valence-corrected chi connectivity index (χ3v) is 5.57. The van der Waals surface area contributed by atoms with Crippen molar-refractivity contribution < 1.29 is 14.3 Å². The highest BCUT2D eigenvalue weighted by molar-refractivity contribution is 5.96. The Kier molecular flexibility index (Phi) is 5.44. The number of anilines is 1. The van der Waals surface area contributed by atoms with Gasteiger partial charge in [0.2, 0.25) is 5.91 Å². The first-order valence-corrected chi connectivity index (χ1v) is 10.1. The largest absolute Gasteiger partial charge is 0.376 e. The van der Waals surface area contributed by atoms with Crippen molar-refractivity contribution in [2.75, 3.05) is 24.6 Å². The zero-order valence-electron chi connectivity index (χ0n) is 16.2. The average molecular weight is 378 g/mol. The first-order chi connectivity index (χ1) is 13.7. The summed E-state index contributed by atoms with van der Waals surface area (Å²) in [5.41, 5.74) is 5.07. The van der Waals surface area contributed by atoms with Gasteiger partial charge < -0.3 is 15.0 Å². The van der Waals surface area contributed by atoms with E-state index in [1.54, 1.807) is 0 Å². The summed E-state index contributed by atoms with van der Waals surface area (Å²) in [7, 11) is 0. The Bertz CT molecular complexity index is 870. The van der Waals surface area contributed by atoms with E-state index >= 15 is 0 Å². The van der Waals surface area contributed by atoms with Crippen molar-refractivity contribution in [3.63, 3.8) is 0 Å². The molecule has 2 amide bonds. The lowest BCUT2D eigenvalue weighted by Gasteiger charge is -2.16. The molecule has 5 heteroatoms. The van der Waals surface area contributed by atoms with Crippen LogP contribution in [0.3, 0.4) is 0 Å². The molecule has 2 aliphatic heterocycles. The van der Waals surface area contributed by atoms with Crippen LogP contribution in [-0.4, -0.2) is 37.6 Å². The van der Waals surface area contributed by atoms with E-state index in [1.807, 2.05) is 48.2 Å². The van der Waals surface area contributed by atoms with Gasteiger partial charge in [0.05, 0.1) is 6.10 Å². The molecule has 1 N–H and O–H groups in total. The molecule has 0 spiro atoms. The lowest BCUT2D eigenvalue weighted by molar-refractivity contribution is -0.118. The second-order valence-electron chi connectivity index (χ2n) is 7.41. The van der Waals surface area contributed by atoms with Gasteiger partial charge in [-0.1, -0.05) is 25.1 Å². The van der Waals surface area contributed by atoms with E-state index in [1.165, 1.54) is 5.56 Å². The summed E-state index contributed by atoms with van der Waals surface area (Å²) in [5.74, 6) is 0.106. The highest BCUT2D eigenvalue weighted by Crippen LogP contribution is 2.32. The molecule has 0 aliphatic carbocycles. The van der Waals surface area contributed by atoms with Crippen molar-refractivity contribution in [3.8, 4) is 11.1 Å². The summed E-state index contributed by atoms with van der Waals surface area (Å²) in [6.07, 6.45) is 3.64. The SMILES string of the molecule is CCC(=O)N1CCc2cc(-c3ccc(C(=O)NC[C@@H]4CCCO4)cc3)ccc21. The number of amides is 2. The standard InChI is InChI=1S/C23H26N2O3/c1-2-22(26)25-12-11-19-14-18(9-10-21(19)25)16-5-7-17(8-6-16)23(27)24-15-20-4-3-13-28-20/h5-10,14,20H,2-4,11-13,15H2,1H3,(H,24,27)/t20-/m0/s1. The van der Waals surface area contributed by atoms with E-state index in [0.29, 0.717) is 18.5 Å². The minimum Gasteiger partial charge on any atom is -0.376 e. The second-order valence-corrected chi connectivity index (χ2v) is 7.41. The molecule has 4 rings (SSSR count). The van der Waals surface area contributed by atoms with Crippen LogP contribution in [0.5, 0.6) is 0 Å². The highest BCUT2D eigenvalue weighted by atomic mass is 16.5. The topological polar surface area (TPSA) is 58.6 Å². The molecule has 0 radical (unpaired) electrons. The molecule has 0 saturated carbocycles. The van der Waals surface area contributed by atoms with Gasteiger partial charge in [0.1, 0.15) is 0 Å². The number of benzene rings is 2. The van der Waals surface area contributed by atoms with Crippen molar-refractivity contribution in [2.45, 2.75) is 38.7 Å². The summed E-state index contributed by atoms with van der Waals surface area (Å²) in [6, 6.07) is 13.9. The molecule has 1 atom stereocenters. The molecule has 1 saturated heterocycles. The quantitative estimate of drug-likeness (QED) is 0.865. The van der Waals surface area contributed by atoms with Crippen molar-refractivity contribution in [1.82, 2.24) is 5.32 Å². The summed E-state index contributed by atoms with van der Waals surface area (Å²) in [4.78, 5) is 26.3. The molecule has 2 heterocycles. The number of rotatable bonds is 5. The molecule has 2 aliphatic rings. The third-order valence-electron chi connectivity index (χ3n) is 5.57. The molecule has 0 bridgehead atoms. The van der Waals surface area contributed by atoms with Gasteiger partial charge in [0, 0.05) is 37.4 Å². The molecule has 0 unspecified atom stereocenters. The minimum absolute atomic E-state index is 0.0651. The van der Waals surface area contributed by atoms with Gasteiger partial charge in [-0.3, -0.25) is 9.59 Å². The van der Waals surface area contributed by atoms with Crippen molar-refractivity contribution >= 4 is 17.5 Å². The Hall–Kier alpha value is -2.66. The van der Waals surface area contributed by atoms with Crippen LogP contribution in [0.2, 0.25) is 0 Å². The summed E-state index contributed by atoms with van der Waals surface area (Å²) in [6.45, 7) is 4.02. The van der Waals surface area contributed by atoms with Crippen LogP contribution in [0, 0.1) is 0 Å². The number of carbonyl (C=O) groups excluding carboxylic acids is 2. The van der Waals surface area contributed by atoms with Gasteiger partial charge >= 0.3 is 0 Å². The Labute approximate surface area is 165 Å². The molecule has 28 heavy (non-hydrogen) atoms. The Morgan fingerprint density at radius 1 is 1.14 bits per heavy atom. The van der Waals surface area contributed by atoms with Gasteiger partial charge in [0.25, 0.3) is 5.91 Å². The molecule has 1 fully saturated rings. The fourth-order valence-corrected chi connectivity index (χ4v) is 3.96. The van der Waals surface area contributed by atoms with Crippen molar-refractivity contribution in [3.05, 3.63) is 53.6 Å². The lowest BCUT2D eigenvalue weighted by atomic mass is 10.0. The molecular formula is C23H26N2O3. The van der Waals surface area contributed by atoms with E-state index in [0.717, 1.165) is 49.2 Å². The maximum atomic E-state index is 12.3. The second kappa shape index (κ2) is 8.15. The van der Waals surface area contributed by atoms with Gasteiger partial charge in [-0.25, -0.2) is 0 Å². The van der Waals surface area contributed by atoms with Crippen LogP contribution in [0.4, 0.5) is 5.69 Å². The van der Waals surface area contributed by atoms with Crippen LogP contribution in [0.15, 0.2) is 42.5 Å². The Morgan fingerprint density at radius 2 is 1.93 bits per heavy atom. The number of hydrogen-bond acceptors (Lipinski definition) is 3. The van der Waals surface area contributed by atoms with E-state index in [2.05, 4.69) is 11.4 Å². The number of nitrogens with one attached hydrogen (secondary N) is 1. The fraction of sp³-hybridized carbons (Fsp3) is 0.391. The van der Waals surface area contributed by atoms with Crippen LogP contribution < -0.4 is 10.2 Å². The number of carbonyl (C=O) groups is 2. The van der Waals surface area contributed by atoms with Gasteiger partial charge in [0.15, 0.2) is 0 Å². The average Bonchev–Trinajstić information content (AvgIpc) is 3.41. The van der Waals surface area contributed by atoms with Crippen molar-refractivity contribution in [1.29, 1.82) is 0 Å². The van der Waals surface area contributed by atoms with Gasteiger partial charge in [-0.2, -0.15) is 0 Å². The smallest absolute Gasteiger partial charge is 0.251 e. The minimum atomic E-state index is -0.0651. The molecular weight excluding hydrogens is 352 g/mol. The van der Waals surface area contributed by atoms with Crippen LogP contribution in [0.25, 0.3) is 11.1 Å². The van der Waals surface area contributed by atoms with Gasteiger partial charge in [-0.15, -0.1) is 0 Å². The molecule has 2 aromatic carbocycles. The summed E-state index contributed by atoms with van der Waals surface area (Å²) < 4.78 is 5.54. The van der Waals surface area contributed by atoms with Crippen molar-refractivity contribution in [2.24, 2.45) is 0 Å². The lowest BCUT2D eigenvalue weighted by Crippen LogP contribution is -2.31. The summed E-state index contributed by atoms with van der Waals surface area (Å²) in [5, 5.41) is 2.95. The predicted molar refractivity (Wildman–Crippen MR) is 110 cm³/mol. The van der Waals surface area contributed by atoms with Crippen LogP contribution >= 0.6 is 0 Å². The Balaban J connectivity index is 1.44. The third kappa shape index (κ3) is 3.80. The number of ether oxygens (including phenoxy) is 1. The van der Waals surface area contributed by atoms with Gasteiger partial charge in [-0.05, 0) is 60.2 Å². The number of hydrogen-bond donors (Lipinski definition) is 1. The van der Waals surface area contributed by atoms with E-state index < -0.39 is 0 Å². The van der Waals surface area contributed by atoms with Crippen LogP contribution in [-0.2, 0) is 16.0 Å². The summed E-state index contributed by atoms with van der Waals surface area (Å²) >= 11 is 0. The predicted octanol–water partition coefficient (Wildman–Crippen LogP) is 3.56. The zero-order chi connectivity index (χ0) is 19.5. The van der Waals surface area contributed by atoms with Crippen LogP contribution in [0.1, 0.15) is 42.1 Å². The molecule has 146 valence electrons. The maximum Gasteiger partial charge on any atom is 0.251 e. The van der Waals surface area contributed by atoms with E-state index in [4.69, 9.17) is 4.74 Å². The number of nitrogens with zero attached hydrogens (tertiary/aromatic N) is 1. The molecule has 0 aromatic heterocycles. The number of fused-ring (bicyclic) bond motifs is 1. The molecule has 5 nitrogen and oxygen atoms in total. The first kappa shape index (κ1) is 18.7. The van der Waals surface area contributed by atoms with E-state index in [9.17, 15) is 9.59 Å².